The van der Waals surface area contributed by atoms with Gasteiger partial charge in [0.15, 0.2) is 0 Å². The fourth-order valence-corrected chi connectivity index (χ4v) is 1.24. The van der Waals surface area contributed by atoms with Crippen molar-refractivity contribution in [3.63, 3.8) is 0 Å². The largest absolute Gasteiger partial charge is 0.496 e. The maximum absolute atomic E-state index is 10.3. The molecule has 1 unspecified atom stereocenters. The summed E-state index contributed by atoms with van der Waals surface area (Å²) in [5.41, 5.74) is 0.761. The number of hydrogen-bond acceptors (Lipinski definition) is 3. The van der Waals surface area contributed by atoms with Gasteiger partial charge in [0.1, 0.15) is 5.75 Å². The van der Waals surface area contributed by atoms with Gasteiger partial charge in [-0.3, -0.25) is 4.57 Å². The molecule has 1 N–H and O–H groups in total. The molecule has 0 saturated heterocycles. The molecule has 1 rings (SSSR count). The van der Waals surface area contributed by atoms with Crippen LogP contribution in [0.5, 0.6) is 5.75 Å². The topological polar surface area (TPSA) is 55.8 Å². The Morgan fingerprint density at radius 3 is 2.77 bits per heavy atom. The smallest absolute Gasteiger partial charge is 0.316 e. The fourth-order valence-electron chi connectivity index (χ4n) is 0.962. The molecule has 0 heterocycles. The van der Waals surface area contributed by atoms with Crippen LogP contribution in [0.15, 0.2) is 24.3 Å². The van der Waals surface area contributed by atoms with Crippen LogP contribution in [-0.4, -0.2) is 12.0 Å². The van der Waals surface area contributed by atoms with Crippen LogP contribution in [0.4, 0.5) is 0 Å². The van der Waals surface area contributed by atoms with Gasteiger partial charge in [-0.05, 0) is 6.07 Å². The van der Waals surface area contributed by atoms with Gasteiger partial charge in [0.05, 0.1) is 13.7 Å². The molecule has 72 valence electrons. The lowest BCUT2D eigenvalue weighted by Gasteiger charge is -2.06. The summed E-state index contributed by atoms with van der Waals surface area (Å²) in [5.74, 6) is 0.658. The average Bonchev–Trinajstić information content (AvgIpc) is 2.15. The highest BCUT2D eigenvalue weighted by Gasteiger charge is 2.02. The van der Waals surface area contributed by atoms with Crippen LogP contribution in [0, 0.1) is 0 Å². The van der Waals surface area contributed by atoms with E-state index >= 15 is 0 Å². The van der Waals surface area contributed by atoms with E-state index in [4.69, 9.17) is 9.63 Å². The van der Waals surface area contributed by atoms with Crippen molar-refractivity contribution in [2.75, 3.05) is 7.11 Å². The van der Waals surface area contributed by atoms with E-state index in [0.717, 1.165) is 5.56 Å². The van der Waals surface area contributed by atoms with Crippen molar-refractivity contribution in [2.45, 2.75) is 6.61 Å². The average molecular weight is 202 g/mol. The molecule has 0 fully saturated rings. The Morgan fingerprint density at radius 1 is 1.46 bits per heavy atom. The number of benzene rings is 1. The van der Waals surface area contributed by atoms with Crippen molar-refractivity contribution in [3.8, 4) is 5.75 Å². The molecule has 5 heteroatoms. The van der Waals surface area contributed by atoms with E-state index in [1.807, 2.05) is 12.1 Å². The van der Waals surface area contributed by atoms with Crippen LogP contribution in [0.25, 0.3) is 0 Å². The predicted octanol–water partition coefficient (Wildman–Crippen LogP) is 1.59. The predicted molar refractivity (Wildman–Crippen MR) is 49.0 cm³/mol. The minimum atomic E-state index is -2.86. The first-order chi connectivity index (χ1) is 6.24. The van der Waals surface area contributed by atoms with Gasteiger partial charge in [0.25, 0.3) is 0 Å². The zero-order valence-corrected chi connectivity index (χ0v) is 8.19. The van der Waals surface area contributed by atoms with Crippen molar-refractivity contribution in [1.82, 2.24) is 0 Å². The van der Waals surface area contributed by atoms with Crippen molar-refractivity contribution in [1.29, 1.82) is 0 Å². The Hall–Kier alpha value is -0.830. The molecule has 1 atom stereocenters. The summed E-state index contributed by atoms with van der Waals surface area (Å²) in [4.78, 5) is 8.46. The maximum Gasteiger partial charge on any atom is 0.316 e. The summed E-state index contributed by atoms with van der Waals surface area (Å²) >= 11 is 0. The Balaban J connectivity index is 2.69. The van der Waals surface area contributed by atoms with E-state index in [0.29, 0.717) is 5.75 Å². The molecule has 0 amide bonds. The van der Waals surface area contributed by atoms with Gasteiger partial charge in [-0.2, -0.15) is 0 Å². The second-order valence-electron chi connectivity index (χ2n) is 2.37. The molecule has 0 bridgehead atoms. The summed E-state index contributed by atoms with van der Waals surface area (Å²) in [6.45, 7) is 0.0955. The van der Waals surface area contributed by atoms with Gasteiger partial charge >= 0.3 is 8.25 Å². The first kappa shape index (κ1) is 10.3. The van der Waals surface area contributed by atoms with Gasteiger partial charge in [-0.1, -0.05) is 18.2 Å². The monoisotopic (exact) mass is 202 g/mol. The fraction of sp³-hybridized carbons (Fsp3) is 0.250. The highest BCUT2D eigenvalue weighted by molar-refractivity contribution is 7.32. The number of rotatable bonds is 4. The van der Waals surface area contributed by atoms with Gasteiger partial charge in [-0.15, -0.1) is 0 Å². The Kier molecular flexibility index (Phi) is 3.96. The third kappa shape index (κ3) is 3.19. The van der Waals surface area contributed by atoms with E-state index in [9.17, 15) is 4.57 Å². The second kappa shape index (κ2) is 5.02. The lowest BCUT2D eigenvalue weighted by atomic mass is 10.2. The molecule has 13 heavy (non-hydrogen) atoms. The third-order valence-corrected chi connectivity index (χ3v) is 1.93. The zero-order chi connectivity index (χ0) is 9.68. The van der Waals surface area contributed by atoms with Crippen LogP contribution in [0.3, 0.4) is 0 Å². The van der Waals surface area contributed by atoms with Gasteiger partial charge in [0.2, 0.25) is 0 Å². The minimum Gasteiger partial charge on any atom is -0.496 e. The number of methoxy groups -OCH3 is 1. The molecular formula is C8H11O4P. The molecule has 0 aliphatic rings. The normalized spacial score (nSPS) is 12.5. The van der Waals surface area contributed by atoms with Crippen molar-refractivity contribution < 1.29 is 18.7 Å². The molecule has 4 nitrogen and oxygen atoms in total. The van der Waals surface area contributed by atoms with E-state index < -0.39 is 8.25 Å². The molecule has 0 aliphatic heterocycles. The molecule has 0 radical (unpaired) electrons. The summed E-state index contributed by atoms with van der Waals surface area (Å²) in [6.07, 6.45) is 0. The van der Waals surface area contributed by atoms with E-state index in [1.54, 1.807) is 19.2 Å². The first-order valence-electron chi connectivity index (χ1n) is 3.71. The first-order valence-corrected chi connectivity index (χ1v) is 4.98. The highest BCUT2D eigenvalue weighted by Crippen LogP contribution is 2.23. The Morgan fingerprint density at radius 2 is 2.15 bits per heavy atom. The van der Waals surface area contributed by atoms with Crippen molar-refractivity contribution >= 4 is 8.25 Å². The second-order valence-corrected chi connectivity index (χ2v) is 3.19. The summed E-state index contributed by atoms with van der Waals surface area (Å²) in [7, 11) is -1.32. The number of para-hydroxylation sites is 1. The SMILES string of the molecule is COc1ccccc1CO[PH](=O)O. The van der Waals surface area contributed by atoms with Gasteiger partial charge in [-0.25, -0.2) is 0 Å². The lowest BCUT2D eigenvalue weighted by Crippen LogP contribution is -1.91. The number of ether oxygens (including phenoxy) is 1. The quantitative estimate of drug-likeness (QED) is 0.753. The molecule has 1 aromatic rings. The van der Waals surface area contributed by atoms with Crippen LogP contribution >= 0.6 is 8.25 Å². The van der Waals surface area contributed by atoms with Gasteiger partial charge < -0.3 is 14.2 Å². The highest BCUT2D eigenvalue weighted by atomic mass is 31.1. The zero-order valence-electron chi connectivity index (χ0n) is 7.19. The lowest BCUT2D eigenvalue weighted by molar-refractivity contribution is 0.267. The molecule has 0 aromatic heterocycles. The minimum absolute atomic E-state index is 0.0955. The third-order valence-electron chi connectivity index (χ3n) is 1.54. The molecule has 0 saturated carbocycles. The maximum atomic E-state index is 10.3. The Bertz CT molecular complexity index is 300. The van der Waals surface area contributed by atoms with E-state index in [-0.39, 0.29) is 6.61 Å². The summed E-state index contributed by atoms with van der Waals surface area (Å²) in [5, 5.41) is 0. The van der Waals surface area contributed by atoms with Crippen LogP contribution in [0.2, 0.25) is 0 Å². The van der Waals surface area contributed by atoms with E-state index in [1.165, 1.54) is 0 Å². The van der Waals surface area contributed by atoms with Gasteiger partial charge in [0, 0.05) is 5.56 Å². The molecule has 0 aliphatic carbocycles. The standard InChI is InChI=1S/C8H11O4P/c1-11-8-5-3-2-4-7(8)6-12-13(9)10/h2-5,13H,6H2,1H3,(H,9,10). The Labute approximate surface area is 77.1 Å². The molecular weight excluding hydrogens is 191 g/mol. The van der Waals surface area contributed by atoms with Crippen LogP contribution < -0.4 is 4.74 Å². The summed E-state index contributed by atoms with van der Waals surface area (Å²) < 4.78 is 19.9. The molecule has 0 spiro atoms. The van der Waals surface area contributed by atoms with Crippen LogP contribution in [-0.2, 0) is 15.7 Å². The summed E-state index contributed by atoms with van der Waals surface area (Å²) in [6, 6.07) is 7.19. The van der Waals surface area contributed by atoms with Crippen molar-refractivity contribution in [2.24, 2.45) is 0 Å². The van der Waals surface area contributed by atoms with Crippen molar-refractivity contribution in [3.05, 3.63) is 29.8 Å². The molecule has 1 aromatic carbocycles. The van der Waals surface area contributed by atoms with Crippen LogP contribution in [0.1, 0.15) is 5.56 Å². The number of hydrogen-bond donors (Lipinski definition) is 1. The van der Waals surface area contributed by atoms with E-state index in [2.05, 4.69) is 4.52 Å².